The number of rotatable bonds is 8. The summed E-state index contributed by atoms with van der Waals surface area (Å²) in [5.41, 5.74) is 5.86. The summed E-state index contributed by atoms with van der Waals surface area (Å²) < 4.78 is 10.1. The summed E-state index contributed by atoms with van der Waals surface area (Å²) in [5, 5.41) is 2.78. The van der Waals surface area contributed by atoms with Crippen molar-refractivity contribution in [3.8, 4) is 0 Å². The first kappa shape index (κ1) is 16.4. The zero-order chi connectivity index (χ0) is 13.3. The number of hydrogen-bond donors (Lipinski definition) is 2. The molecule has 0 radical (unpaired) electrons. The van der Waals surface area contributed by atoms with E-state index < -0.39 is 0 Å². The van der Waals surface area contributed by atoms with Gasteiger partial charge < -0.3 is 20.5 Å². The Hall–Kier alpha value is -0.650. The van der Waals surface area contributed by atoms with Gasteiger partial charge in [-0.1, -0.05) is 20.8 Å². The number of nitrogens with one attached hydrogen (secondary N) is 1. The topological polar surface area (TPSA) is 73.6 Å². The Morgan fingerprint density at radius 1 is 1.29 bits per heavy atom. The van der Waals surface area contributed by atoms with Gasteiger partial charge in [0.25, 0.3) is 0 Å². The second-order valence-corrected chi connectivity index (χ2v) is 5.13. The number of nitrogens with two attached hydrogens (primary N) is 1. The minimum absolute atomic E-state index is 0.0252. The molecule has 1 amide bonds. The largest absolute Gasteiger partial charge is 0.382 e. The smallest absolute Gasteiger partial charge is 0.221 e. The van der Waals surface area contributed by atoms with E-state index in [0.29, 0.717) is 32.8 Å². The van der Waals surface area contributed by atoms with Crippen LogP contribution in [0.4, 0.5) is 0 Å². The molecule has 0 fully saturated rings. The van der Waals surface area contributed by atoms with Crippen LogP contribution in [0.3, 0.4) is 0 Å². The molecule has 0 saturated carbocycles. The summed E-state index contributed by atoms with van der Waals surface area (Å²) in [6.45, 7) is 8.21. The van der Waals surface area contributed by atoms with Gasteiger partial charge >= 0.3 is 0 Å². The molecular weight excluding hydrogens is 220 g/mol. The van der Waals surface area contributed by atoms with Gasteiger partial charge in [-0.15, -0.1) is 0 Å². The fourth-order valence-corrected chi connectivity index (χ4v) is 1.09. The molecule has 0 aromatic heterocycles. The molecule has 5 heteroatoms. The molecule has 0 bridgehead atoms. The van der Waals surface area contributed by atoms with E-state index in [2.05, 4.69) is 5.32 Å². The van der Waals surface area contributed by atoms with Crippen LogP contribution in [0.2, 0.25) is 0 Å². The molecule has 0 aliphatic rings. The van der Waals surface area contributed by atoms with Crippen molar-refractivity contribution in [1.29, 1.82) is 0 Å². The standard InChI is InChI=1S/C12H26N2O3/c1-12(2,3)10(13)9-11(15)14-5-6-17-8-7-16-4/h10H,5-9,13H2,1-4H3,(H,14,15). The van der Waals surface area contributed by atoms with Crippen LogP contribution in [0.15, 0.2) is 0 Å². The van der Waals surface area contributed by atoms with Crippen molar-refractivity contribution >= 4 is 5.91 Å². The highest BCUT2D eigenvalue weighted by molar-refractivity contribution is 5.76. The van der Waals surface area contributed by atoms with Crippen LogP contribution in [0.25, 0.3) is 0 Å². The summed E-state index contributed by atoms with van der Waals surface area (Å²) in [4.78, 5) is 11.5. The van der Waals surface area contributed by atoms with E-state index in [1.807, 2.05) is 20.8 Å². The fourth-order valence-electron chi connectivity index (χ4n) is 1.09. The Labute approximate surface area is 104 Å². The third kappa shape index (κ3) is 9.09. The maximum absolute atomic E-state index is 11.5. The molecule has 0 aliphatic carbocycles. The van der Waals surface area contributed by atoms with E-state index in [1.165, 1.54) is 0 Å². The molecule has 3 N–H and O–H groups in total. The number of hydrogen-bond acceptors (Lipinski definition) is 4. The van der Waals surface area contributed by atoms with E-state index in [9.17, 15) is 4.79 Å². The Morgan fingerprint density at radius 3 is 2.47 bits per heavy atom. The molecule has 5 nitrogen and oxygen atoms in total. The van der Waals surface area contributed by atoms with Crippen molar-refractivity contribution < 1.29 is 14.3 Å². The molecule has 0 heterocycles. The maximum Gasteiger partial charge on any atom is 0.221 e. The predicted octanol–water partition coefficient (Wildman–Crippen LogP) is 0.529. The second kappa shape index (κ2) is 8.44. The second-order valence-electron chi connectivity index (χ2n) is 5.13. The fraction of sp³-hybridized carbons (Fsp3) is 0.917. The number of carbonyl (C=O) groups excluding carboxylic acids is 1. The Bertz CT molecular complexity index is 214. The van der Waals surface area contributed by atoms with Gasteiger partial charge in [0, 0.05) is 26.1 Å². The maximum atomic E-state index is 11.5. The highest BCUT2D eigenvalue weighted by Gasteiger charge is 2.22. The number of carbonyl (C=O) groups is 1. The van der Waals surface area contributed by atoms with Crippen LogP contribution in [0.5, 0.6) is 0 Å². The first-order valence-corrected chi connectivity index (χ1v) is 5.97. The van der Waals surface area contributed by atoms with Crippen LogP contribution in [-0.2, 0) is 14.3 Å². The van der Waals surface area contributed by atoms with Gasteiger partial charge in [0.2, 0.25) is 5.91 Å². The average Bonchev–Trinajstić information content (AvgIpc) is 2.21. The van der Waals surface area contributed by atoms with Crippen LogP contribution in [-0.4, -0.2) is 45.4 Å². The van der Waals surface area contributed by atoms with Gasteiger partial charge in [-0.2, -0.15) is 0 Å². The number of methoxy groups -OCH3 is 1. The van der Waals surface area contributed by atoms with Crippen molar-refractivity contribution in [2.45, 2.75) is 33.2 Å². The Balaban J connectivity index is 3.53. The SMILES string of the molecule is COCCOCCNC(=O)CC(N)C(C)(C)C. The van der Waals surface area contributed by atoms with Gasteiger partial charge in [0.05, 0.1) is 19.8 Å². The molecule has 17 heavy (non-hydrogen) atoms. The van der Waals surface area contributed by atoms with Crippen molar-refractivity contribution in [2.75, 3.05) is 33.5 Å². The van der Waals surface area contributed by atoms with Gasteiger partial charge in [0.1, 0.15) is 0 Å². The van der Waals surface area contributed by atoms with E-state index in [1.54, 1.807) is 7.11 Å². The van der Waals surface area contributed by atoms with E-state index >= 15 is 0 Å². The third-order valence-corrected chi connectivity index (χ3v) is 2.52. The Kier molecular flexibility index (Phi) is 8.12. The summed E-state index contributed by atoms with van der Waals surface area (Å²) >= 11 is 0. The lowest BCUT2D eigenvalue weighted by molar-refractivity contribution is -0.122. The minimum atomic E-state index is -0.128. The van der Waals surface area contributed by atoms with Crippen molar-refractivity contribution in [3.05, 3.63) is 0 Å². The molecule has 0 saturated heterocycles. The Morgan fingerprint density at radius 2 is 1.94 bits per heavy atom. The lowest BCUT2D eigenvalue weighted by Crippen LogP contribution is -2.40. The molecule has 0 aromatic carbocycles. The lowest BCUT2D eigenvalue weighted by Gasteiger charge is -2.26. The van der Waals surface area contributed by atoms with Crippen molar-refractivity contribution in [3.63, 3.8) is 0 Å². The summed E-state index contributed by atoms with van der Waals surface area (Å²) in [6, 6.07) is -0.128. The summed E-state index contributed by atoms with van der Waals surface area (Å²) in [5.74, 6) is -0.0252. The van der Waals surface area contributed by atoms with E-state index in [-0.39, 0.29) is 17.4 Å². The summed E-state index contributed by atoms with van der Waals surface area (Å²) in [7, 11) is 1.62. The predicted molar refractivity (Wildman–Crippen MR) is 67.8 cm³/mol. The first-order chi connectivity index (χ1) is 7.88. The van der Waals surface area contributed by atoms with Crippen molar-refractivity contribution in [2.24, 2.45) is 11.1 Å². The number of amides is 1. The molecule has 0 aromatic rings. The van der Waals surface area contributed by atoms with Crippen LogP contribution < -0.4 is 11.1 Å². The molecule has 1 unspecified atom stereocenters. The molecule has 1 atom stereocenters. The zero-order valence-corrected chi connectivity index (χ0v) is 11.4. The van der Waals surface area contributed by atoms with Gasteiger partial charge in [0.15, 0.2) is 0 Å². The van der Waals surface area contributed by atoms with Crippen LogP contribution in [0, 0.1) is 5.41 Å². The molecule has 0 aliphatic heterocycles. The van der Waals surface area contributed by atoms with E-state index in [4.69, 9.17) is 15.2 Å². The van der Waals surface area contributed by atoms with Crippen molar-refractivity contribution in [1.82, 2.24) is 5.32 Å². The highest BCUT2D eigenvalue weighted by atomic mass is 16.5. The van der Waals surface area contributed by atoms with Gasteiger partial charge in [-0.05, 0) is 5.41 Å². The minimum Gasteiger partial charge on any atom is -0.382 e. The highest BCUT2D eigenvalue weighted by Crippen LogP contribution is 2.19. The monoisotopic (exact) mass is 246 g/mol. The molecule has 0 spiro atoms. The van der Waals surface area contributed by atoms with Gasteiger partial charge in [-0.25, -0.2) is 0 Å². The quantitative estimate of drug-likeness (QED) is 0.613. The average molecular weight is 246 g/mol. The van der Waals surface area contributed by atoms with E-state index in [0.717, 1.165) is 0 Å². The third-order valence-electron chi connectivity index (χ3n) is 2.52. The summed E-state index contributed by atoms with van der Waals surface area (Å²) in [6.07, 6.45) is 0.349. The zero-order valence-electron chi connectivity index (χ0n) is 11.4. The lowest BCUT2D eigenvalue weighted by atomic mass is 9.85. The van der Waals surface area contributed by atoms with Crippen LogP contribution in [0.1, 0.15) is 27.2 Å². The normalized spacial score (nSPS) is 13.5. The molecule has 0 rings (SSSR count). The first-order valence-electron chi connectivity index (χ1n) is 5.97. The van der Waals surface area contributed by atoms with Crippen LogP contribution >= 0.6 is 0 Å². The molecule has 102 valence electrons. The van der Waals surface area contributed by atoms with Gasteiger partial charge in [-0.3, -0.25) is 4.79 Å². The number of ether oxygens (including phenoxy) is 2. The molecular formula is C12H26N2O3.